The first kappa shape index (κ1) is 11.9. The normalized spacial score (nSPS) is 18.9. The molecule has 0 amide bonds. The molecule has 1 aliphatic carbocycles. The van der Waals surface area contributed by atoms with E-state index in [1.807, 2.05) is 11.3 Å². The van der Waals surface area contributed by atoms with E-state index in [2.05, 4.69) is 29.1 Å². The molecule has 1 aliphatic rings. The molecule has 0 spiro atoms. The van der Waals surface area contributed by atoms with Gasteiger partial charge in [0.15, 0.2) is 0 Å². The average Bonchev–Trinajstić information content (AvgIpc) is 2.73. The Labute approximate surface area is 112 Å². The van der Waals surface area contributed by atoms with Crippen molar-refractivity contribution in [3.05, 3.63) is 16.8 Å². The SMILES string of the molecule is CCCNc1ncnc2sc3c(c12)CC[C@@H](C)C3. The van der Waals surface area contributed by atoms with Crippen LogP contribution in [0.4, 0.5) is 5.82 Å². The van der Waals surface area contributed by atoms with Crippen molar-refractivity contribution in [2.75, 3.05) is 11.9 Å². The molecule has 2 aromatic rings. The smallest absolute Gasteiger partial charge is 0.138 e. The number of hydrogen-bond donors (Lipinski definition) is 1. The van der Waals surface area contributed by atoms with Crippen molar-refractivity contribution in [2.45, 2.75) is 39.5 Å². The van der Waals surface area contributed by atoms with Crippen molar-refractivity contribution in [3.8, 4) is 0 Å². The minimum absolute atomic E-state index is 0.811. The molecule has 2 aromatic heterocycles. The Bertz CT molecular complexity index is 561. The zero-order valence-electron chi connectivity index (χ0n) is 11.0. The third kappa shape index (κ3) is 1.99. The fraction of sp³-hybridized carbons (Fsp3) is 0.571. The molecule has 18 heavy (non-hydrogen) atoms. The van der Waals surface area contributed by atoms with Crippen LogP contribution in [-0.2, 0) is 12.8 Å². The molecule has 1 N–H and O–H groups in total. The Morgan fingerprint density at radius 3 is 3.17 bits per heavy atom. The van der Waals surface area contributed by atoms with E-state index in [0.29, 0.717) is 0 Å². The van der Waals surface area contributed by atoms with Gasteiger partial charge in [-0.05, 0) is 37.2 Å². The Balaban J connectivity index is 2.09. The predicted octanol–water partition coefficient (Wildman–Crippen LogP) is 3.64. The van der Waals surface area contributed by atoms with Gasteiger partial charge in [0.1, 0.15) is 17.0 Å². The number of aryl methyl sites for hydroxylation is 1. The van der Waals surface area contributed by atoms with Crippen molar-refractivity contribution in [1.82, 2.24) is 9.97 Å². The number of nitrogens with zero attached hydrogens (tertiary/aromatic N) is 2. The minimum Gasteiger partial charge on any atom is -0.369 e. The standard InChI is InChI=1S/C14H19N3S/c1-3-6-15-13-12-10-5-4-9(2)7-11(10)18-14(12)17-8-16-13/h8-9H,3-7H2,1-2H3,(H,15,16,17)/t9-/m1/s1. The van der Waals surface area contributed by atoms with Crippen LogP contribution in [0.3, 0.4) is 0 Å². The van der Waals surface area contributed by atoms with Crippen molar-refractivity contribution < 1.29 is 0 Å². The van der Waals surface area contributed by atoms with Gasteiger partial charge in [0, 0.05) is 11.4 Å². The molecule has 1 atom stereocenters. The zero-order valence-corrected chi connectivity index (χ0v) is 11.8. The third-order valence-electron chi connectivity index (χ3n) is 3.63. The van der Waals surface area contributed by atoms with E-state index >= 15 is 0 Å². The van der Waals surface area contributed by atoms with Gasteiger partial charge >= 0.3 is 0 Å². The van der Waals surface area contributed by atoms with Crippen LogP contribution in [0, 0.1) is 5.92 Å². The number of nitrogens with one attached hydrogen (secondary N) is 1. The lowest BCUT2D eigenvalue weighted by Crippen LogP contribution is -2.09. The summed E-state index contributed by atoms with van der Waals surface area (Å²) < 4.78 is 0. The molecule has 3 nitrogen and oxygen atoms in total. The zero-order chi connectivity index (χ0) is 12.5. The lowest BCUT2D eigenvalue weighted by atomic mass is 9.89. The molecule has 0 saturated heterocycles. The molecule has 96 valence electrons. The third-order valence-corrected chi connectivity index (χ3v) is 4.80. The highest BCUT2D eigenvalue weighted by atomic mass is 32.1. The maximum atomic E-state index is 4.45. The molecule has 4 heteroatoms. The van der Waals surface area contributed by atoms with Gasteiger partial charge in [-0.1, -0.05) is 13.8 Å². The van der Waals surface area contributed by atoms with Crippen molar-refractivity contribution in [1.29, 1.82) is 0 Å². The lowest BCUT2D eigenvalue weighted by Gasteiger charge is -2.18. The van der Waals surface area contributed by atoms with Gasteiger partial charge < -0.3 is 5.32 Å². The Morgan fingerprint density at radius 2 is 2.33 bits per heavy atom. The number of aromatic nitrogens is 2. The molecule has 0 aromatic carbocycles. The lowest BCUT2D eigenvalue weighted by molar-refractivity contribution is 0.509. The fourth-order valence-corrected chi connectivity index (χ4v) is 4.00. The summed E-state index contributed by atoms with van der Waals surface area (Å²) in [4.78, 5) is 11.6. The van der Waals surface area contributed by atoms with Gasteiger partial charge in [-0.25, -0.2) is 9.97 Å². The van der Waals surface area contributed by atoms with Gasteiger partial charge in [-0.2, -0.15) is 0 Å². The summed E-state index contributed by atoms with van der Waals surface area (Å²) >= 11 is 1.86. The molecule has 0 fully saturated rings. The summed E-state index contributed by atoms with van der Waals surface area (Å²) in [6.07, 6.45) is 6.50. The molecular weight excluding hydrogens is 242 g/mol. The second kappa shape index (κ2) is 4.84. The summed E-state index contributed by atoms with van der Waals surface area (Å²) in [6.45, 7) is 5.50. The van der Waals surface area contributed by atoms with Crippen LogP contribution in [0.2, 0.25) is 0 Å². The van der Waals surface area contributed by atoms with Gasteiger partial charge in [-0.15, -0.1) is 11.3 Å². The van der Waals surface area contributed by atoms with Crippen LogP contribution in [0.5, 0.6) is 0 Å². The number of fused-ring (bicyclic) bond motifs is 3. The highest BCUT2D eigenvalue weighted by Crippen LogP contribution is 2.39. The van der Waals surface area contributed by atoms with Crippen LogP contribution in [0.25, 0.3) is 10.2 Å². The van der Waals surface area contributed by atoms with Crippen LogP contribution >= 0.6 is 11.3 Å². The van der Waals surface area contributed by atoms with Crippen LogP contribution in [-0.4, -0.2) is 16.5 Å². The molecule has 0 bridgehead atoms. The monoisotopic (exact) mass is 261 g/mol. The summed E-state index contributed by atoms with van der Waals surface area (Å²) in [5.74, 6) is 1.85. The van der Waals surface area contributed by atoms with Gasteiger partial charge in [0.25, 0.3) is 0 Å². The average molecular weight is 261 g/mol. The molecule has 2 heterocycles. The maximum Gasteiger partial charge on any atom is 0.138 e. The van der Waals surface area contributed by atoms with E-state index in [0.717, 1.165) is 29.5 Å². The summed E-state index contributed by atoms with van der Waals surface area (Å²) in [6, 6.07) is 0. The fourth-order valence-electron chi connectivity index (χ4n) is 2.65. The highest BCUT2D eigenvalue weighted by molar-refractivity contribution is 7.19. The molecule has 3 rings (SSSR count). The Kier molecular flexibility index (Phi) is 3.20. The summed E-state index contributed by atoms with van der Waals surface area (Å²) in [5, 5.41) is 4.73. The van der Waals surface area contributed by atoms with E-state index in [4.69, 9.17) is 0 Å². The van der Waals surface area contributed by atoms with Gasteiger partial charge in [0.05, 0.1) is 5.39 Å². The van der Waals surface area contributed by atoms with E-state index < -0.39 is 0 Å². The number of hydrogen-bond acceptors (Lipinski definition) is 4. The van der Waals surface area contributed by atoms with Crippen molar-refractivity contribution >= 4 is 27.4 Å². The number of rotatable bonds is 3. The van der Waals surface area contributed by atoms with E-state index in [-0.39, 0.29) is 0 Å². The second-order valence-electron chi connectivity index (χ2n) is 5.18. The second-order valence-corrected chi connectivity index (χ2v) is 6.26. The maximum absolute atomic E-state index is 4.45. The van der Waals surface area contributed by atoms with E-state index in [9.17, 15) is 0 Å². The first-order chi connectivity index (χ1) is 8.79. The quantitative estimate of drug-likeness (QED) is 0.916. The Hall–Kier alpha value is -1.16. The van der Waals surface area contributed by atoms with Gasteiger partial charge in [-0.3, -0.25) is 0 Å². The van der Waals surface area contributed by atoms with Crippen molar-refractivity contribution in [3.63, 3.8) is 0 Å². The minimum atomic E-state index is 0.811. The van der Waals surface area contributed by atoms with E-state index in [1.165, 1.54) is 35.1 Å². The number of thiophene rings is 1. The van der Waals surface area contributed by atoms with Crippen molar-refractivity contribution in [2.24, 2.45) is 5.92 Å². The molecular formula is C14H19N3S. The van der Waals surface area contributed by atoms with E-state index in [1.54, 1.807) is 6.33 Å². The topological polar surface area (TPSA) is 37.8 Å². The van der Waals surface area contributed by atoms with Crippen LogP contribution in [0.1, 0.15) is 37.1 Å². The molecule has 0 radical (unpaired) electrons. The first-order valence-corrected chi connectivity index (χ1v) is 7.60. The van der Waals surface area contributed by atoms with Crippen LogP contribution < -0.4 is 5.32 Å². The number of anilines is 1. The van der Waals surface area contributed by atoms with Gasteiger partial charge in [0.2, 0.25) is 0 Å². The largest absolute Gasteiger partial charge is 0.369 e. The predicted molar refractivity (Wildman–Crippen MR) is 77.4 cm³/mol. The highest BCUT2D eigenvalue weighted by Gasteiger charge is 2.22. The molecule has 0 aliphatic heterocycles. The van der Waals surface area contributed by atoms with Crippen LogP contribution in [0.15, 0.2) is 6.33 Å². The first-order valence-electron chi connectivity index (χ1n) is 6.78. The summed E-state index contributed by atoms with van der Waals surface area (Å²) in [7, 11) is 0. The Morgan fingerprint density at radius 1 is 1.44 bits per heavy atom. The molecule has 0 unspecified atom stereocenters. The molecule has 0 saturated carbocycles. The summed E-state index contributed by atoms with van der Waals surface area (Å²) in [5.41, 5.74) is 1.51.